The van der Waals surface area contributed by atoms with Gasteiger partial charge in [-0.15, -0.1) is 5.11 Å². The number of rotatable bonds is 8. The van der Waals surface area contributed by atoms with Crippen LogP contribution in [-0.2, 0) is 16.2 Å². The lowest BCUT2D eigenvalue weighted by Crippen LogP contribution is -2.32. The van der Waals surface area contributed by atoms with E-state index in [9.17, 15) is 20.0 Å². The summed E-state index contributed by atoms with van der Waals surface area (Å²) in [4.78, 5) is 29.2. The Morgan fingerprint density at radius 1 is 1.39 bits per heavy atom. The zero-order valence-electron chi connectivity index (χ0n) is 17.6. The van der Waals surface area contributed by atoms with Gasteiger partial charge < -0.3 is 15.2 Å². The largest absolute Gasteiger partial charge is 0.495 e. The summed E-state index contributed by atoms with van der Waals surface area (Å²) in [6.45, 7) is 0.818. The summed E-state index contributed by atoms with van der Waals surface area (Å²) < 4.78 is 6.48. The zero-order valence-corrected chi connectivity index (χ0v) is 18.3. The van der Waals surface area contributed by atoms with Gasteiger partial charge in [0.15, 0.2) is 17.4 Å². The van der Waals surface area contributed by atoms with E-state index in [0.717, 1.165) is 0 Å². The quantitative estimate of drug-likeness (QED) is 0.381. The third-order valence-corrected chi connectivity index (χ3v) is 4.78. The van der Waals surface area contributed by atoms with Crippen LogP contribution in [0.3, 0.4) is 0 Å². The smallest absolute Gasteiger partial charge is 0.258 e. The molecule has 0 spiro atoms. The number of benzene rings is 1. The highest BCUT2D eigenvalue weighted by atomic mass is 35.5. The molecule has 0 saturated carbocycles. The van der Waals surface area contributed by atoms with Crippen molar-refractivity contribution >= 4 is 34.8 Å². The van der Waals surface area contributed by atoms with Crippen molar-refractivity contribution in [2.75, 3.05) is 12.4 Å². The Bertz CT molecular complexity index is 1250. The highest BCUT2D eigenvalue weighted by molar-refractivity contribution is 6.31. The number of ketones is 1. The number of pyridine rings is 1. The predicted octanol–water partition coefficient (Wildman–Crippen LogP) is 2.97. The van der Waals surface area contributed by atoms with Crippen molar-refractivity contribution in [1.29, 1.82) is 5.26 Å². The van der Waals surface area contributed by atoms with Crippen molar-refractivity contribution in [2.24, 2.45) is 10.2 Å². The first-order valence-electron chi connectivity index (χ1n) is 9.48. The van der Waals surface area contributed by atoms with Crippen LogP contribution >= 0.6 is 11.6 Å². The number of amides is 1. The summed E-state index contributed by atoms with van der Waals surface area (Å²) in [6.07, 6.45) is 2.82. The molecule has 0 bridgehead atoms. The molecule has 11 nitrogen and oxygen atoms in total. The van der Waals surface area contributed by atoms with Gasteiger partial charge in [-0.25, -0.2) is 4.98 Å². The van der Waals surface area contributed by atoms with Gasteiger partial charge in [0, 0.05) is 17.3 Å². The number of carbonyl (C=O) groups excluding carboxylic acids is 2. The molecule has 0 aliphatic heterocycles. The van der Waals surface area contributed by atoms with E-state index in [1.165, 1.54) is 43.2 Å². The Morgan fingerprint density at radius 3 is 2.79 bits per heavy atom. The Balaban J connectivity index is 1.93. The van der Waals surface area contributed by atoms with Gasteiger partial charge in [-0.1, -0.05) is 17.7 Å². The number of aromatic nitrogens is 3. The summed E-state index contributed by atoms with van der Waals surface area (Å²) in [7, 11) is 1.38. The number of anilines is 1. The molecular formula is C21H18ClN7O4. The van der Waals surface area contributed by atoms with Gasteiger partial charge in [-0.05, 0) is 30.7 Å². The normalized spacial score (nSPS) is 11.7. The number of nitriles is 1. The second-order valence-electron chi connectivity index (χ2n) is 6.61. The number of hydrogen-bond donors (Lipinski definition) is 2. The van der Waals surface area contributed by atoms with Gasteiger partial charge in [0.25, 0.3) is 5.91 Å². The Kier molecular flexibility index (Phi) is 7.45. The SMILES string of the molecule is COc1cc(Cl)c(CO)cc1NC(=O)C(N=Nc1c(C#N)cnn1-c1ccccn1)C(C)=O. The number of azo groups is 1. The number of nitrogens with one attached hydrogen (secondary N) is 1. The third kappa shape index (κ3) is 5.20. The maximum Gasteiger partial charge on any atom is 0.258 e. The molecule has 168 valence electrons. The number of halogens is 1. The molecule has 0 fully saturated rings. The number of ether oxygens (including phenoxy) is 1. The van der Waals surface area contributed by atoms with Crippen molar-refractivity contribution in [3.05, 3.63) is 58.9 Å². The zero-order chi connectivity index (χ0) is 24.0. The third-order valence-electron chi connectivity index (χ3n) is 4.43. The molecule has 2 aromatic heterocycles. The molecule has 0 aliphatic rings. The van der Waals surface area contributed by atoms with Crippen LogP contribution in [0.1, 0.15) is 18.1 Å². The van der Waals surface area contributed by atoms with E-state index in [4.69, 9.17) is 16.3 Å². The minimum Gasteiger partial charge on any atom is -0.495 e. The van der Waals surface area contributed by atoms with E-state index in [2.05, 4.69) is 25.6 Å². The van der Waals surface area contributed by atoms with Crippen molar-refractivity contribution in [3.63, 3.8) is 0 Å². The first-order chi connectivity index (χ1) is 15.9. The lowest BCUT2D eigenvalue weighted by molar-refractivity contribution is -0.126. The van der Waals surface area contributed by atoms with E-state index >= 15 is 0 Å². The lowest BCUT2D eigenvalue weighted by atomic mass is 10.1. The Hall–Kier alpha value is -4.14. The van der Waals surface area contributed by atoms with Crippen LogP contribution < -0.4 is 10.1 Å². The Labute approximate surface area is 193 Å². The van der Waals surface area contributed by atoms with Crippen molar-refractivity contribution in [1.82, 2.24) is 14.8 Å². The summed E-state index contributed by atoms with van der Waals surface area (Å²) in [5, 5.41) is 33.5. The summed E-state index contributed by atoms with van der Waals surface area (Å²) in [6, 6.07) is 8.35. The number of carbonyl (C=O) groups is 2. The average Bonchev–Trinajstić information content (AvgIpc) is 3.23. The topological polar surface area (TPSA) is 155 Å². The van der Waals surface area contributed by atoms with Crippen molar-refractivity contribution < 1.29 is 19.4 Å². The standard InChI is InChI=1S/C21H18ClN7O4/c1-12(31)19(21(32)26-16-7-13(11-30)15(22)8-17(16)33-2)27-28-20-14(9-23)10-25-29(20)18-5-3-4-6-24-18/h3-8,10,19,30H,11H2,1-2H3,(H,26,32). The van der Waals surface area contributed by atoms with E-state index in [1.54, 1.807) is 18.2 Å². The second kappa shape index (κ2) is 10.4. The van der Waals surface area contributed by atoms with Gasteiger partial charge in [0.2, 0.25) is 6.04 Å². The van der Waals surface area contributed by atoms with Crippen LogP contribution in [0.25, 0.3) is 5.82 Å². The maximum atomic E-state index is 12.8. The number of aliphatic hydroxyl groups is 1. The summed E-state index contributed by atoms with van der Waals surface area (Å²) >= 11 is 6.05. The minimum atomic E-state index is -1.53. The van der Waals surface area contributed by atoms with Crippen LogP contribution in [0.5, 0.6) is 5.75 Å². The molecular weight excluding hydrogens is 450 g/mol. The molecule has 33 heavy (non-hydrogen) atoms. The molecule has 1 unspecified atom stereocenters. The molecule has 3 aromatic rings. The van der Waals surface area contributed by atoms with Crippen LogP contribution in [0, 0.1) is 11.3 Å². The van der Waals surface area contributed by atoms with E-state index < -0.39 is 17.7 Å². The van der Waals surface area contributed by atoms with Crippen molar-refractivity contribution in [3.8, 4) is 17.6 Å². The molecule has 2 N–H and O–H groups in total. The molecule has 1 aromatic carbocycles. The maximum absolute atomic E-state index is 12.8. The van der Waals surface area contributed by atoms with Gasteiger partial charge in [0.1, 0.15) is 17.4 Å². The molecule has 2 heterocycles. The van der Waals surface area contributed by atoms with Crippen LogP contribution in [0.15, 0.2) is 53.0 Å². The second-order valence-corrected chi connectivity index (χ2v) is 7.02. The van der Waals surface area contributed by atoms with Gasteiger partial charge in [-0.2, -0.15) is 20.2 Å². The monoisotopic (exact) mass is 467 g/mol. The molecule has 12 heteroatoms. The number of hydrogen-bond acceptors (Lipinski definition) is 9. The van der Waals surface area contributed by atoms with Crippen LogP contribution in [0.4, 0.5) is 11.5 Å². The molecule has 0 radical (unpaired) electrons. The molecule has 0 saturated heterocycles. The molecule has 0 aliphatic carbocycles. The number of methoxy groups -OCH3 is 1. The van der Waals surface area contributed by atoms with Gasteiger partial charge in [-0.3, -0.25) is 9.59 Å². The lowest BCUT2D eigenvalue weighted by Gasteiger charge is -2.14. The fourth-order valence-corrected chi connectivity index (χ4v) is 3.00. The highest BCUT2D eigenvalue weighted by Crippen LogP contribution is 2.32. The average molecular weight is 468 g/mol. The fraction of sp³-hybridized carbons (Fsp3) is 0.190. The molecule has 1 amide bonds. The number of nitrogens with zero attached hydrogens (tertiary/aromatic N) is 6. The van der Waals surface area contributed by atoms with Crippen molar-refractivity contribution in [2.45, 2.75) is 19.6 Å². The van der Waals surface area contributed by atoms with Gasteiger partial charge in [0.05, 0.1) is 25.6 Å². The van der Waals surface area contributed by atoms with E-state index in [1.807, 2.05) is 6.07 Å². The number of aliphatic hydroxyl groups excluding tert-OH is 1. The summed E-state index contributed by atoms with van der Waals surface area (Å²) in [5.74, 6) is -0.766. The summed E-state index contributed by atoms with van der Waals surface area (Å²) in [5.41, 5.74) is 0.624. The van der Waals surface area contributed by atoms with Crippen LogP contribution in [-0.4, -0.2) is 44.7 Å². The first-order valence-corrected chi connectivity index (χ1v) is 9.86. The van der Waals surface area contributed by atoms with Crippen LogP contribution in [0.2, 0.25) is 5.02 Å². The van der Waals surface area contributed by atoms with Gasteiger partial charge >= 0.3 is 0 Å². The van der Waals surface area contributed by atoms with E-state index in [0.29, 0.717) is 11.4 Å². The minimum absolute atomic E-state index is 0.0156. The predicted molar refractivity (Wildman–Crippen MR) is 118 cm³/mol. The fourth-order valence-electron chi connectivity index (χ4n) is 2.78. The molecule has 1 atom stereocenters. The Morgan fingerprint density at radius 2 is 2.18 bits per heavy atom. The molecule has 3 rings (SSSR count). The number of Topliss-reactive ketones (excluding diaryl/α,β-unsaturated/α-hetero) is 1. The highest BCUT2D eigenvalue weighted by Gasteiger charge is 2.25. The van der Waals surface area contributed by atoms with E-state index in [-0.39, 0.29) is 34.4 Å². The first kappa shape index (κ1) is 23.5.